The smallest absolute Gasteiger partial charge is 0.258 e. The summed E-state index contributed by atoms with van der Waals surface area (Å²) in [6.07, 6.45) is 0. The molecular formula is C13H7F2NO2. The summed E-state index contributed by atoms with van der Waals surface area (Å²) < 4.78 is 28.3. The first-order valence-corrected chi connectivity index (χ1v) is 5.28. The second-order valence-corrected chi connectivity index (χ2v) is 4.11. The van der Waals surface area contributed by atoms with Crippen molar-refractivity contribution in [1.29, 1.82) is 0 Å². The first kappa shape index (κ1) is 10.8. The topological polar surface area (TPSA) is 43.1 Å². The van der Waals surface area contributed by atoms with E-state index in [2.05, 4.69) is 0 Å². The first-order valence-electron chi connectivity index (χ1n) is 5.28. The molecule has 0 heterocycles. The Morgan fingerprint density at radius 1 is 1.00 bits per heavy atom. The van der Waals surface area contributed by atoms with Crippen molar-refractivity contribution < 1.29 is 13.7 Å². The second-order valence-electron chi connectivity index (χ2n) is 4.11. The van der Waals surface area contributed by atoms with E-state index >= 15 is 0 Å². The van der Waals surface area contributed by atoms with Crippen LogP contribution in [-0.4, -0.2) is 4.92 Å². The molecule has 2 aromatic carbocycles. The molecule has 5 heteroatoms. The van der Waals surface area contributed by atoms with Crippen LogP contribution >= 0.6 is 0 Å². The van der Waals surface area contributed by atoms with Crippen LogP contribution in [-0.2, 0) is 5.92 Å². The molecule has 0 amide bonds. The summed E-state index contributed by atoms with van der Waals surface area (Å²) in [4.78, 5) is 9.98. The van der Waals surface area contributed by atoms with Crippen molar-refractivity contribution in [3.63, 3.8) is 0 Å². The van der Waals surface area contributed by atoms with Gasteiger partial charge in [0.25, 0.3) is 11.6 Å². The molecule has 90 valence electrons. The lowest BCUT2D eigenvalue weighted by molar-refractivity contribution is -0.385. The number of non-ortho nitro benzene ring substituents is 1. The van der Waals surface area contributed by atoms with Crippen LogP contribution < -0.4 is 0 Å². The van der Waals surface area contributed by atoms with Crippen molar-refractivity contribution >= 4 is 5.69 Å². The number of rotatable bonds is 1. The molecule has 3 nitrogen and oxygen atoms in total. The SMILES string of the molecule is O=[N+]([O-])c1ccc2c(c1)C(F)(F)c1ccccc1-2. The van der Waals surface area contributed by atoms with Gasteiger partial charge in [0.1, 0.15) is 0 Å². The summed E-state index contributed by atoms with van der Waals surface area (Å²) in [6.45, 7) is 0. The summed E-state index contributed by atoms with van der Waals surface area (Å²) in [5.41, 5.74) is 0.0910. The van der Waals surface area contributed by atoms with Gasteiger partial charge in [-0.3, -0.25) is 10.1 Å². The van der Waals surface area contributed by atoms with E-state index < -0.39 is 10.8 Å². The zero-order valence-corrected chi connectivity index (χ0v) is 9.06. The third-order valence-electron chi connectivity index (χ3n) is 3.11. The number of halogens is 2. The lowest BCUT2D eigenvalue weighted by atomic mass is 10.1. The Kier molecular flexibility index (Phi) is 2.02. The molecule has 0 aromatic heterocycles. The quantitative estimate of drug-likeness (QED) is 0.569. The van der Waals surface area contributed by atoms with Crippen LogP contribution in [0.1, 0.15) is 11.1 Å². The van der Waals surface area contributed by atoms with Gasteiger partial charge in [0.2, 0.25) is 0 Å². The predicted molar refractivity (Wildman–Crippen MR) is 61.5 cm³/mol. The largest absolute Gasteiger partial charge is 0.299 e. The second kappa shape index (κ2) is 3.35. The Morgan fingerprint density at radius 2 is 1.67 bits per heavy atom. The molecule has 0 saturated carbocycles. The number of benzene rings is 2. The number of fused-ring (bicyclic) bond motifs is 3. The van der Waals surface area contributed by atoms with E-state index in [1.54, 1.807) is 12.1 Å². The molecule has 2 aromatic rings. The van der Waals surface area contributed by atoms with Crippen LogP contribution in [0, 0.1) is 10.1 Å². The Hall–Kier alpha value is -2.30. The fraction of sp³-hybridized carbons (Fsp3) is 0.0769. The van der Waals surface area contributed by atoms with Crippen molar-refractivity contribution in [2.45, 2.75) is 5.92 Å². The van der Waals surface area contributed by atoms with E-state index in [9.17, 15) is 18.9 Å². The fourth-order valence-electron chi connectivity index (χ4n) is 2.28. The van der Waals surface area contributed by atoms with Gasteiger partial charge in [-0.25, -0.2) is 0 Å². The van der Waals surface area contributed by atoms with Gasteiger partial charge in [0.05, 0.1) is 4.92 Å². The number of hydrogen-bond acceptors (Lipinski definition) is 2. The normalized spacial score (nSPS) is 15.0. The number of nitro benzene ring substituents is 1. The van der Waals surface area contributed by atoms with E-state index in [1.165, 1.54) is 24.3 Å². The Bertz CT molecular complexity index is 668. The van der Waals surface area contributed by atoms with E-state index in [-0.39, 0.29) is 16.8 Å². The summed E-state index contributed by atoms with van der Waals surface area (Å²) in [5.74, 6) is -3.17. The zero-order valence-electron chi connectivity index (χ0n) is 9.06. The minimum absolute atomic E-state index is 0.0968. The van der Waals surface area contributed by atoms with Gasteiger partial charge in [-0.15, -0.1) is 0 Å². The molecule has 1 aliphatic carbocycles. The van der Waals surface area contributed by atoms with Crippen LogP contribution in [0.2, 0.25) is 0 Å². The molecule has 18 heavy (non-hydrogen) atoms. The van der Waals surface area contributed by atoms with Gasteiger partial charge in [-0.1, -0.05) is 24.3 Å². The van der Waals surface area contributed by atoms with Crippen LogP contribution in [0.3, 0.4) is 0 Å². The molecule has 0 fully saturated rings. The summed E-state index contributed by atoms with van der Waals surface area (Å²) >= 11 is 0. The lowest BCUT2D eigenvalue weighted by Gasteiger charge is -2.11. The fourth-order valence-corrected chi connectivity index (χ4v) is 2.28. The molecule has 0 N–H and O–H groups in total. The first-order chi connectivity index (χ1) is 8.51. The van der Waals surface area contributed by atoms with Crippen molar-refractivity contribution in [2.24, 2.45) is 0 Å². The van der Waals surface area contributed by atoms with Gasteiger partial charge in [-0.2, -0.15) is 8.78 Å². The molecule has 0 atom stereocenters. The minimum Gasteiger partial charge on any atom is -0.258 e. The highest BCUT2D eigenvalue weighted by Gasteiger charge is 2.44. The zero-order chi connectivity index (χ0) is 12.9. The highest BCUT2D eigenvalue weighted by molar-refractivity contribution is 5.80. The maximum absolute atomic E-state index is 14.2. The molecule has 0 unspecified atom stereocenters. The van der Waals surface area contributed by atoms with Gasteiger partial charge in [-0.05, 0) is 17.2 Å². The van der Waals surface area contributed by atoms with Gasteiger partial charge < -0.3 is 0 Å². The van der Waals surface area contributed by atoms with Crippen molar-refractivity contribution in [3.8, 4) is 11.1 Å². The Labute approximate surface area is 101 Å². The molecule has 0 bridgehead atoms. The number of hydrogen-bond donors (Lipinski definition) is 0. The lowest BCUT2D eigenvalue weighted by Crippen LogP contribution is -2.11. The van der Waals surface area contributed by atoms with Crippen LogP contribution in [0.25, 0.3) is 11.1 Å². The maximum Gasteiger partial charge on any atom is 0.299 e. The van der Waals surface area contributed by atoms with Crippen LogP contribution in [0.4, 0.5) is 14.5 Å². The third kappa shape index (κ3) is 1.27. The Morgan fingerprint density at radius 3 is 2.39 bits per heavy atom. The monoisotopic (exact) mass is 247 g/mol. The summed E-state index contributed by atoms with van der Waals surface area (Å²) in [5, 5.41) is 10.6. The molecule has 1 aliphatic rings. The average molecular weight is 247 g/mol. The molecule has 0 saturated heterocycles. The van der Waals surface area contributed by atoms with E-state index in [4.69, 9.17) is 0 Å². The average Bonchev–Trinajstić information content (AvgIpc) is 2.59. The highest BCUT2D eigenvalue weighted by Crippen LogP contribution is 2.51. The van der Waals surface area contributed by atoms with E-state index in [0.29, 0.717) is 11.1 Å². The van der Waals surface area contributed by atoms with Crippen LogP contribution in [0.5, 0.6) is 0 Å². The summed E-state index contributed by atoms with van der Waals surface area (Å²) in [7, 11) is 0. The van der Waals surface area contributed by atoms with E-state index in [0.717, 1.165) is 6.07 Å². The molecular weight excluding hydrogens is 240 g/mol. The standard InChI is InChI=1S/C13H7F2NO2/c14-13(15)11-4-2-1-3-9(11)10-6-5-8(16(17)18)7-12(10)13/h1-7H. The van der Waals surface area contributed by atoms with Crippen LogP contribution in [0.15, 0.2) is 42.5 Å². The number of nitro groups is 1. The Balaban J connectivity index is 2.31. The summed E-state index contributed by atoms with van der Waals surface area (Å²) in [6, 6.07) is 9.74. The predicted octanol–water partition coefficient (Wildman–Crippen LogP) is 3.72. The molecule has 3 rings (SSSR count). The third-order valence-corrected chi connectivity index (χ3v) is 3.11. The molecule has 0 aliphatic heterocycles. The molecule has 0 spiro atoms. The van der Waals surface area contributed by atoms with Crippen molar-refractivity contribution in [3.05, 3.63) is 63.7 Å². The number of alkyl halides is 2. The van der Waals surface area contributed by atoms with E-state index in [1.807, 2.05) is 0 Å². The van der Waals surface area contributed by atoms with Crippen molar-refractivity contribution in [1.82, 2.24) is 0 Å². The van der Waals surface area contributed by atoms with Gasteiger partial charge in [0, 0.05) is 23.3 Å². The maximum atomic E-state index is 14.2. The highest BCUT2D eigenvalue weighted by atomic mass is 19.3. The number of nitrogens with zero attached hydrogens (tertiary/aromatic N) is 1. The van der Waals surface area contributed by atoms with Crippen molar-refractivity contribution in [2.75, 3.05) is 0 Å². The van der Waals surface area contributed by atoms with Gasteiger partial charge >= 0.3 is 0 Å². The molecule has 0 radical (unpaired) electrons. The van der Waals surface area contributed by atoms with Gasteiger partial charge in [0.15, 0.2) is 0 Å². The minimum atomic E-state index is -3.17.